The highest BCUT2D eigenvalue weighted by Crippen LogP contribution is 2.41. The Balaban J connectivity index is 1.83. The lowest BCUT2D eigenvalue weighted by Gasteiger charge is -2.26. The number of hydrogen-bond acceptors (Lipinski definition) is 8. The van der Waals surface area contributed by atoms with Crippen molar-refractivity contribution in [3.63, 3.8) is 0 Å². The Labute approximate surface area is 228 Å². The minimum Gasteiger partial charge on any atom is -0.501 e. The molecule has 4 rings (SSSR count). The third-order valence-corrected chi connectivity index (χ3v) is 6.86. The predicted molar refractivity (Wildman–Crippen MR) is 141 cm³/mol. The minimum atomic E-state index is -0.836. The Morgan fingerprint density at radius 1 is 1.33 bits per heavy atom. The molecule has 3 heterocycles. The van der Waals surface area contributed by atoms with Crippen LogP contribution >= 0.6 is 11.6 Å². The zero-order valence-electron chi connectivity index (χ0n) is 22.0. The van der Waals surface area contributed by atoms with Gasteiger partial charge in [-0.05, 0) is 43.2 Å². The Hall–Kier alpha value is -4.03. The number of amides is 1. The molecule has 206 valence electrons. The van der Waals surface area contributed by atoms with Crippen molar-refractivity contribution in [3.05, 3.63) is 86.9 Å². The average molecular weight is 559 g/mol. The summed E-state index contributed by atoms with van der Waals surface area (Å²) in [6.07, 6.45) is 5.86. The lowest BCUT2D eigenvalue weighted by molar-refractivity contribution is 0.00539. The SMILES string of the molecule is COC(C)(C)Cn1cc([C@H](c2cc(F)ccc2Cl)[C@H](C)c2nc(C(=O)Nc3cnoc3)c(O)c(=O)n2C)cn1. The Morgan fingerprint density at radius 2 is 2.08 bits per heavy atom. The van der Waals surface area contributed by atoms with Crippen molar-refractivity contribution in [1.82, 2.24) is 24.5 Å². The van der Waals surface area contributed by atoms with Crippen LogP contribution in [0.3, 0.4) is 0 Å². The second-order valence-electron chi connectivity index (χ2n) is 9.77. The summed E-state index contributed by atoms with van der Waals surface area (Å²) >= 11 is 6.54. The van der Waals surface area contributed by atoms with Gasteiger partial charge in [-0.2, -0.15) is 5.10 Å². The molecule has 0 aliphatic heterocycles. The van der Waals surface area contributed by atoms with E-state index in [0.717, 1.165) is 4.57 Å². The van der Waals surface area contributed by atoms with Crippen LogP contribution in [0.25, 0.3) is 0 Å². The Kier molecular flexibility index (Phi) is 7.89. The van der Waals surface area contributed by atoms with Crippen LogP contribution in [0.15, 0.2) is 52.4 Å². The first-order valence-electron chi connectivity index (χ1n) is 11.9. The maximum atomic E-state index is 14.4. The van der Waals surface area contributed by atoms with Gasteiger partial charge < -0.3 is 19.7 Å². The van der Waals surface area contributed by atoms with Crippen LogP contribution in [0.4, 0.5) is 10.1 Å². The zero-order valence-corrected chi connectivity index (χ0v) is 22.7. The third-order valence-electron chi connectivity index (χ3n) is 6.51. The molecule has 1 amide bonds. The second-order valence-corrected chi connectivity index (χ2v) is 10.2. The van der Waals surface area contributed by atoms with Crippen molar-refractivity contribution < 1.29 is 23.6 Å². The molecule has 0 unspecified atom stereocenters. The smallest absolute Gasteiger partial charge is 0.296 e. The van der Waals surface area contributed by atoms with Crippen molar-refractivity contribution in [1.29, 1.82) is 0 Å². The van der Waals surface area contributed by atoms with E-state index < -0.39 is 46.2 Å². The summed E-state index contributed by atoms with van der Waals surface area (Å²) in [4.78, 5) is 30.3. The second kappa shape index (κ2) is 11.0. The monoisotopic (exact) mass is 558 g/mol. The molecular formula is C26H28ClFN6O5. The molecule has 0 saturated heterocycles. The van der Waals surface area contributed by atoms with E-state index >= 15 is 0 Å². The molecule has 2 N–H and O–H groups in total. The van der Waals surface area contributed by atoms with Gasteiger partial charge in [0.1, 0.15) is 23.6 Å². The first kappa shape index (κ1) is 28.0. The van der Waals surface area contributed by atoms with Gasteiger partial charge in [0.2, 0.25) is 5.75 Å². The van der Waals surface area contributed by atoms with Gasteiger partial charge >= 0.3 is 0 Å². The predicted octanol–water partition coefficient (Wildman–Crippen LogP) is 4.08. The Bertz CT molecular complexity index is 1550. The summed E-state index contributed by atoms with van der Waals surface area (Å²) in [5, 5.41) is 21.2. The number of aromatic hydroxyl groups is 1. The first-order chi connectivity index (χ1) is 18.4. The topological polar surface area (TPSA) is 137 Å². The summed E-state index contributed by atoms with van der Waals surface area (Å²) in [6.45, 7) is 6.04. The van der Waals surface area contributed by atoms with E-state index in [0.29, 0.717) is 22.7 Å². The van der Waals surface area contributed by atoms with Gasteiger partial charge in [0.15, 0.2) is 5.69 Å². The fraction of sp³-hybridized carbons (Fsp3) is 0.346. The minimum absolute atomic E-state index is 0.156. The lowest BCUT2D eigenvalue weighted by atomic mass is 9.82. The van der Waals surface area contributed by atoms with E-state index in [1.807, 2.05) is 13.8 Å². The van der Waals surface area contributed by atoms with Gasteiger partial charge in [-0.3, -0.25) is 18.8 Å². The standard InChI is InChI=1S/C26H28ClFN6O5/c1-14(23-32-21(22(35)25(37)33(23)4)24(36)31-17-10-30-39-12-17)20(18-8-16(28)6-7-19(18)27)15-9-29-34(11-15)13-26(2,3)38-5/h6-12,14,20,35H,13H2,1-5H3,(H,31,36)/t14-,20+/m0/s1. The highest BCUT2D eigenvalue weighted by atomic mass is 35.5. The third kappa shape index (κ3) is 5.86. The molecule has 0 saturated carbocycles. The molecule has 0 aliphatic carbocycles. The summed E-state index contributed by atoms with van der Waals surface area (Å²) < 4.78 is 27.5. The van der Waals surface area contributed by atoms with Gasteiger partial charge in [-0.15, -0.1) is 0 Å². The maximum Gasteiger partial charge on any atom is 0.296 e. The molecule has 0 radical (unpaired) electrons. The highest BCUT2D eigenvalue weighted by Gasteiger charge is 2.32. The number of rotatable bonds is 9. The molecule has 0 spiro atoms. The van der Waals surface area contributed by atoms with Crippen LogP contribution in [-0.2, 0) is 18.3 Å². The number of nitrogens with one attached hydrogen (secondary N) is 1. The van der Waals surface area contributed by atoms with Crippen LogP contribution in [0.2, 0.25) is 5.02 Å². The number of benzene rings is 1. The van der Waals surface area contributed by atoms with E-state index in [-0.39, 0.29) is 11.5 Å². The fourth-order valence-electron chi connectivity index (χ4n) is 4.35. The summed E-state index contributed by atoms with van der Waals surface area (Å²) in [5.41, 5.74) is -0.498. The van der Waals surface area contributed by atoms with E-state index in [2.05, 4.69) is 20.6 Å². The molecule has 0 aliphatic rings. The van der Waals surface area contributed by atoms with Crippen LogP contribution in [0.1, 0.15) is 60.0 Å². The molecule has 39 heavy (non-hydrogen) atoms. The fourth-order valence-corrected chi connectivity index (χ4v) is 4.59. The van der Waals surface area contributed by atoms with Crippen LogP contribution < -0.4 is 10.9 Å². The summed E-state index contributed by atoms with van der Waals surface area (Å²) in [6, 6.07) is 4.02. The van der Waals surface area contributed by atoms with E-state index in [9.17, 15) is 19.1 Å². The molecule has 0 fully saturated rings. The van der Waals surface area contributed by atoms with Crippen LogP contribution in [0, 0.1) is 5.82 Å². The van der Waals surface area contributed by atoms with Crippen LogP contribution in [-0.4, -0.2) is 48.2 Å². The number of methoxy groups -OCH3 is 1. The van der Waals surface area contributed by atoms with Crippen molar-refractivity contribution in [2.45, 2.75) is 44.8 Å². The van der Waals surface area contributed by atoms with Gasteiger partial charge in [0, 0.05) is 37.2 Å². The van der Waals surface area contributed by atoms with Gasteiger partial charge in [-0.25, -0.2) is 9.37 Å². The van der Waals surface area contributed by atoms with Gasteiger partial charge in [0.05, 0.1) is 24.5 Å². The quantitative estimate of drug-likeness (QED) is 0.313. The maximum absolute atomic E-state index is 14.4. The molecule has 13 heteroatoms. The largest absolute Gasteiger partial charge is 0.501 e. The molecule has 4 aromatic rings. The molecule has 11 nitrogen and oxygen atoms in total. The Morgan fingerprint density at radius 3 is 2.74 bits per heavy atom. The molecular weight excluding hydrogens is 531 g/mol. The number of aromatic nitrogens is 5. The summed E-state index contributed by atoms with van der Waals surface area (Å²) in [5.74, 6) is -3.28. The zero-order chi connectivity index (χ0) is 28.5. The molecule has 3 aromatic heterocycles. The number of carbonyl (C=O) groups is 1. The van der Waals surface area contributed by atoms with Crippen molar-refractivity contribution in [2.24, 2.45) is 7.05 Å². The first-order valence-corrected chi connectivity index (χ1v) is 12.3. The van der Waals surface area contributed by atoms with Gasteiger partial charge in [-0.1, -0.05) is 23.7 Å². The number of ether oxygens (including phenoxy) is 1. The van der Waals surface area contributed by atoms with Crippen molar-refractivity contribution in [2.75, 3.05) is 12.4 Å². The van der Waals surface area contributed by atoms with E-state index in [4.69, 9.17) is 20.9 Å². The molecule has 2 atom stereocenters. The average Bonchev–Trinajstić information content (AvgIpc) is 3.57. The lowest BCUT2D eigenvalue weighted by Crippen LogP contribution is -2.29. The van der Waals surface area contributed by atoms with Gasteiger partial charge in [0.25, 0.3) is 11.5 Å². The number of halogens is 2. The van der Waals surface area contributed by atoms with Crippen LogP contribution in [0.5, 0.6) is 5.75 Å². The molecule has 1 aromatic carbocycles. The molecule has 0 bridgehead atoms. The number of carbonyl (C=O) groups excluding carboxylic acids is 1. The summed E-state index contributed by atoms with van der Waals surface area (Å²) in [7, 11) is 3.03. The van der Waals surface area contributed by atoms with E-state index in [1.54, 1.807) is 31.1 Å². The number of hydrogen-bond donors (Lipinski definition) is 2. The number of anilines is 1. The highest BCUT2D eigenvalue weighted by molar-refractivity contribution is 6.31. The normalized spacial score (nSPS) is 13.3. The number of nitrogens with zero attached hydrogens (tertiary/aromatic N) is 5. The van der Waals surface area contributed by atoms with Crippen molar-refractivity contribution in [3.8, 4) is 5.75 Å². The van der Waals surface area contributed by atoms with E-state index in [1.165, 1.54) is 37.7 Å². The van der Waals surface area contributed by atoms with Crippen molar-refractivity contribution >= 4 is 23.2 Å².